The molecule has 2 aliphatic rings. The highest BCUT2D eigenvalue weighted by atomic mass is 19.1. The molecule has 0 aromatic rings. The molecule has 0 spiro atoms. The Bertz CT molecular complexity index is 253. The summed E-state index contributed by atoms with van der Waals surface area (Å²) < 4.78 is 14.1. The SMILES string of the molecule is CC(/C(F)=C/N1CCCCC1)N1CCCCC1. The molecule has 0 saturated carbocycles. The summed E-state index contributed by atoms with van der Waals surface area (Å²) in [5.41, 5.74) is 0. The van der Waals surface area contributed by atoms with Crippen LogP contribution >= 0.6 is 0 Å². The fourth-order valence-electron chi connectivity index (χ4n) is 2.81. The molecule has 0 radical (unpaired) electrons. The molecule has 2 aliphatic heterocycles. The molecule has 17 heavy (non-hydrogen) atoms. The van der Waals surface area contributed by atoms with Crippen molar-refractivity contribution in [3.8, 4) is 0 Å². The first-order valence-corrected chi connectivity index (χ1v) is 7.12. The van der Waals surface area contributed by atoms with Crippen LogP contribution in [0, 0.1) is 0 Å². The Kier molecular flexibility index (Phi) is 4.84. The maximum absolute atomic E-state index is 14.1. The summed E-state index contributed by atoms with van der Waals surface area (Å²) in [5.74, 6) is 0.0498. The predicted molar refractivity (Wildman–Crippen MR) is 69.5 cm³/mol. The van der Waals surface area contributed by atoms with Crippen LogP contribution in [-0.4, -0.2) is 42.0 Å². The van der Waals surface area contributed by atoms with Gasteiger partial charge in [0.25, 0.3) is 0 Å². The van der Waals surface area contributed by atoms with Crippen LogP contribution < -0.4 is 0 Å². The highest BCUT2D eigenvalue weighted by Crippen LogP contribution is 2.19. The largest absolute Gasteiger partial charge is 0.375 e. The Morgan fingerprint density at radius 2 is 1.47 bits per heavy atom. The zero-order valence-electron chi connectivity index (χ0n) is 11.0. The Hall–Kier alpha value is -0.570. The first-order valence-electron chi connectivity index (χ1n) is 7.12. The number of rotatable bonds is 3. The minimum absolute atomic E-state index is 0.0303. The topological polar surface area (TPSA) is 6.48 Å². The van der Waals surface area contributed by atoms with Gasteiger partial charge < -0.3 is 4.90 Å². The average molecular weight is 240 g/mol. The van der Waals surface area contributed by atoms with Gasteiger partial charge in [0.05, 0.1) is 6.04 Å². The molecule has 2 fully saturated rings. The van der Waals surface area contributed by atoms with E-state index in [1.54, 1.807) is 6.20 Å². The molecule has 2 saturated heterocycles. The zero-order chi connectivity index (χ0) is 12.1. The van der Waals surface area contributed by atoms with Crippen molar-refractivity contribution in [1.82, 2.24) is 9.80 Å². The van der Waals surface area contributed by atoms with Gasteiger partial charge in [0.2, 0.25) is 0 Å². The summed E-state index contributed by atoms with van der Waals surface area (Å²) in [4.78, 5) is 4.43. The monoisotopic (exact) mass is 240 g/mol. The number of hydrogen-bond donors (Lipinski definition) is 0. The lowest BCUT2D eigenvalue weighted by Crippen LogP contribution is -2.38. The van der Waals surface area contributed by atoms with Crippen molar-refractivity contribution < 1.29 is 4.39 Å². The van der Waals surface area contributed by atoms with Crippen LogP contribution in [0.4, 0.5) is 4.39 Å². The number of likely N-dealkylation sites (tertiary alicyclic amines) is 2. The Morgan fingerprint density at radius 1 is 0.941 bits per heavy atom. The van der Waals surface area contributed by atoms with Crippen molar-refractivity contribution in [3.63, 3.8) is 0 Å². The van der Waals surface area contributed by atoms with Gasteiger partial charge in [-0.1, -0.05) is 6.42 Å². The van der Waals surface area contributed by atoms with Crippen LogP contribution in [0.15, 0.2) is 12.0 Å². The average Bonchev–Trinajstić information content (AvgIpc) is 2.40. The second-order valence-electron chi connectivity index (χ2n) is 5.38. The van der Waals surface area contributed by atoms with E-state index < -0.39 is 0 Å². The quantitative estimate of drug-likeness (QED) is 0.747. The van der Waals surface area contributed by atoms with Crippen LogP contribution in [0.2, 0.25) is 0 Å². The highest BCUT2D eigenvalue weighted by molar-refractivity contribution is 5.01. The Morgan fingerprint density at radius 3 is 2.06 bits per heavy atom. The maximum Gasteiger partial charge on any atom is 0.133 e. The van der Waals surface area contributed by atoms with E-state index in [9.17, 15) is 4.39 Å². The summed E-state index contributed by atoms with van der Waals surface area (Å²) in [5, 5.41) is 0. The first-order chi connectivity index (χ1) is 8.27. The van der Waals surface area contributed by atoms with Gasteiger partial charge in [0.15, 0.2) is 0 Å². The van der Waals surface area contributed by atoms with Gasteiger partial charge in [0.1, 0.15) is 5.83 Å². The summed E-state index contributed by atoms with van der Waals surface area (Å²) in [6.45, 7) is 6.17. The predicted octanol–water partition coefficient (Wildman–Crippen LogP) is 3.16. The van der Waals surface area contributed by atoms with E-state index in [1.807, 2.05) is 6.92 Å². The van der Waals surface area contributed by atoms with Gasteiger partial charge in [-0.25, -0.2) is 4.39 Å². The number of nitrogens with zero attached hydrogens (tertiary/aromatic N) is 2. The lowest BCUT2D eigenvalue weighted by Gasteiger charge is -2.32. The van der Waals surface area contributed by atoms with Gasteiger partial charge in [-0.3, -0.25) is 4.90 Å². The molecule has 1 atom stereocenters. The number of piperidine rings is 2. The van der Waals surface area contributed by atoms with Crippen LogP contribution in [0.5, 0.6) is 0 Å². The van der Waals surface area contributed by atoms with Gasteiger partial charge in [-0.2, -0.15) is 0 Å². The second-order valence-corrected chi connectivity index (χ2v) is 5.38. The summed E-state index contributed by atoms with van der Waals surface area (Å²) in [6, 6.07) is -0.0303. The molecule has 0 aromatic carbocycles. The van der Waals surface area contributed by atoms with E-state index in [4.69, 9.17) is 0 Å². The fourth-order valence-corrected chi connectivity index (χ4v) is 2.81. The minimum Gasteiger partial charge on any atom is -0.375 e. The molecule has 0 amide bonds. The van der Waals surface area contributed by atoms with Crippen LogP contribution in [0.25, 0.3) is 0 Å². The summed E-state index contributed by atoms with van der Waals surface area (Å²) >= 11 is 0. The van der Waals surface area contributed by atoms with Crippen molar-refractivity contribution >= 4 is 0 Å². The Balaban J connectivity index is 1.87. The van der Waals surface area contributed by atoms with Crippen molar-refractivity contribution in [3.05, 3.63) is 12.0 Å². The molecule has 0 bridgehead atoms. The fraction of sp³-hybridized carbons (Fsp3) is 0.857. The van der Waals surface area contributed by atoms with Gasteiger partial charge in [-0.05, 0) is 52.1 Å². The zero-order valence-corrected chi connectivity index (χ0v) is 11.0. The van der Waals surface area contributed by atoms with Crippen molar-refractivity contribution in [1.29, 1.82) is 0 Å². The normalized spacial score (nSPS) is 26.0. The Labute approximate surface area is 104 Å². The molecule has 0 aromatic heterocycles. The molecule has 2 nitrogen and oxygen atoms in total. The molecular weight excluding hydrogens is 215 g/mol. The van der Waals surface area contributed by atoms with Crippen LogP contribution in [-0.2, 0) is 0 Å². The minimum atomic E-state index is -0.0303. The van der Waals surface area contributed by atoms with E-state index in [2.05, 4.69) is 9.80 Å². The second kappa shape index (κ2) is 6.39. The smallest absolute Gasteiger partial charge is 0.133 e. The lowest BCUT2D eigenvalue weighted by atomic mass is 10.1. The third-order valence-corrected chi connectivity index (χ3v) is 4.03. The molecule has 2 rings (SSSR count). The summed E-state index contributed by atoms with van der Waals surface area (Å²) in [7, 11) is 0. The van der Waals surface area contributed by atoms with Crippen molar-refractivity contribution in [2.75, 3.05) is 26.2 Å². The summed E-state index contributed by atoms with van der Waals surface area (Å²) in [6.07, 6.45) is 9.24. The number of hydrogen-bond acceptors (Lipinski definition) is 2. The standard InChI is InChI=1S/C14H25FN2/c1-13(17-10-6-3-7-11-17)14(15)12-16-8-4-2-5-9-16/h12-13H,2-11H2,1H3/b14-12-. The lowest BCUT2D eigenvalue weighted by molar-refractivity contribution is 0.173. The molecular formula is C14H25FN2. The van der Waals surface area contributed by atoms with Gasteiger partial charge in [-0.15, -0.1) is 0 Å². The van der Waals surface area contributed by atoms with Crippen LogP contribution in [0.3, 0.4) is 0 Å². The van der Waals surface area contributed by atoms with Crippen molar-refractivity contribution in [2.24, 2.45) is 0 Å². The number of halogens is 1. The molecule has 3 heteroatoms. The third kappa shape index (κ3) is 3.70. The third-order valence-electron chi connectivity index (χ3n) is 4.03. The van der Waals surface area contributed by atoms with Gasteiger partial charge >= 0.3 is 0 Å². The van der Waals surface area contributed by atoms with E-state index in [0.717, 1.165) is 26.2 Å². The van der Waals surface area contributed by atoms with Gasteiger partial charge in [0, 0.05) is 19.3 Å². The first kappa shape index (κ1) is 12.9. The van der Waals surface area contributed by atoms with Crippen molar-refractivity contribution in [2.45, 2.75) is 51.5 Å². The highest BCUT2D eigenvalue weighted by Gasteiger charge is 2.21. The van der Waals surface area contributed by atoms with E-state index in [1.165, 1.54) is 38.5 Å². The molecule has 2 heterocycles. The molecule has 0 N–H and O–H groups in total. The molecule has 0 aliphatic carbocycles. The van der Waals surface area contributed by atoms with E-state index in [0.29, 0.717) is 0 Å². The van der Waals surface area contributed by atoms with E-state index in [-0.39, 0.29) is 11.9 Å². The van der Waals surface area contributed by atoms with E-state index >= 15 is 0 Å². The molecule has 1 unspecified atom stereocenters. The van der Waals surface area contributed by atoms with Crippen LogP contribution in [0.1, 0.15) is 45.4 Å². The maximum atomic E-state index is 14.1. The molecule has 98 valence electrons.